The van der Waals surface area contributed by atoms with Crippen LogP contribution in [0, 0.1) is 13.7 Å². The fourth-order valence-electron chi connectivity index (χ4n) is 2.20. The van der Waals surface area contributed by atoms with E-state index in [1.165, 1.54) is 24.3 Å². The van der Waals surface area contributed by atoms with Crippen molar-refractivity contribution in [1.29, 1.82) is 0 Å². The van der Waals surface area contributed by atoms with Crippen molar-refractivity contribution in [2.24, 2.45) is 0 Å². The van der Waals surface area contributed by atoms with E-state index in [4.69, 9.17) is 0 Å². The van der Waals surface area contributed by atoms with Crippen LogP contribution < -0.4 is 10.9 Å². The maximum absolute atomic E-state index is 12.1. The molecular formula is C15H11IN4O4. The number of halogens is 1. The average Bonchev–Trinajstić information content (AvgIpc) is 2.87. The topological polar surface area (TPSA) is 120 Å². The number of hydrogen-bond acceptors (Lipinski definition) is 5. The second-order valence-corrected chi connectivity index (χ2v) is 6.17. The van der Waals surface area contributed by atoms with E-state index in [2.05, 4.69) is 38.4 Å². The number of hydrazine groups is 1. The van der Waals surface area contributed by atoms with Gasteiger partial charge < -0.3 is 10.1 Å². The van der Waals surface area contributed by atoms with E-state index in [1.54, 1.807) is 0 Å². The first kappa shape index (κ1) is 16.1. The number of H-pyrrole nitrogens is 1. The van der Waals surface area contributed by atoms with E-state index < -0.39 is 10.8 Å². The molecule has 0 unspecified atom stereocenters. The van der Waals surface area contributed by atoms with Crippen LogP contribution in [0.2, 0.25) is 0 Å². The number of aromatic amines is 1. The van der Waals surface area contributed by atoms with Gasteiger partial charge in [0.15, 0.2) is 0 Å². The van der Waals surface area contributed by atoms with Crippen LogP contribution in [0.4, 0.5) is 11.4 Å². The molecule has 3 aromatic rings. The number of non-ortho nitro benzene ring substituents is 1. The maximum Gasteiger partial charge on any atom is 0.269 e. The lowest BCUT2D eigenvalue weighted by Crippen LogP contribution is -2.29. The van der Waals surface area contributed by atoms with Crippen LogP contribution in [0.3, 0.4) is 0 Å². The Bertz CT molecular complexity index is 937. The highest BCUT2D eigenvalue weighted by molar-refractivity contribution is 14.1. The van der Waals surface area contributed by atoms with Crippen molar-refractivity contribution in [1.82, 2.24) is 10.4 Å². The summed E-state index contributed by atoms with van der Waals surface area (Å²) in [5, 5.41) is 21.3. The summed E-state index contributed by atoms with van der Waals surface area (Å²) in [4.78, 5) is 25.0. The van der Waals surface area contributed by atoms with Gasteiger partial charge in [0.1, 0.15) is 5.69 Å². The lowest BCUT2D eigenvalue weighted by Gasteiger charge is -2.08. The van der Waals surface area contributed by atoms with Crippen molar-refractivity contribution in [3.8, 4) is 5.88 Å². The predicted molar refractivity (Wildman–Crippen MR) is 96.9 cm³/mol. The summed E-state index contributed by atoms with van der Waals surface area (Å²) in [6.07, 6.45) is 0. The van der Waals surface area contributed by atoms with Gasteiger partial charge in [0.05, 0.1) is 10.4 Å². The molecule has 1 heterocycles. The zero-order valence-corrected chi connectivity index (χ0v) is 14.2. The summed E-state index contributed by atoms with van der Waals surface area (Å²) < 4.78 is 0.976. The van der Waals surface area contributed by atoms with Crippen molar-refractivity contribution in [2.45, 2.75) is 0 Å². The molecule has 1 aromatic heterocycles. The molecule has 0 fully saturated rings. The first-order valence-electron chi connectivity index (χ1n) is 6.76. The molecule has 9 heteroatoms. The van der Waals surface area contributed by atoms with Crippen molar-refractivity contribution in [3.63, 3.8) is 0 Å². The van der Waals surface area contributed by atoms with Gasteiger partial charge in [-0.1, -0.05) is 0 Å². The third-order valence-corrected chi connectivity index (χ3v) is 4.05. The summed E-state index contributed by atoms with van der Waals surface area (Å²) in [7, 11) is 0. The molecule has 0 radical (unpaired) electrons. The first-order valence-corrected chi connectivity index (χ1v) is 7.84. The molecule has 4 N–H and O–H groups in total. The predicted octanol–water partition coefficient (Wildman–Crippen LogP) is 3.14. The Balaban J connectivity index is 1.78. The van der Waals surface area contributed by atoms with Crippen molar-refractivity contribution in [2.75, 3.05) is 5.43 Å². The molecule has 0 bridgehead atoms. The molecule has 0 saturated carbocycles. The van der Waals surface area contributed by atoms with Crippen molar-refractivity contribution < 1.29 is 14.8 Å². The lowest BCUT2D eigenvalue weighted by atomic mass is 10.2. The fourth-order valence-corrected chi connectivity index (χ4v) is 2.69. The standard InChI is InChI=1S/C15H11IN4O4/c16-9-3-6-12-11(7-9)13(15(22)17-12)18-19-14(21)8-1-4-10(5-2-8)20(23)24/h1-7,17-18,22H,(H,19,21). The number of nitro groups is 1. The number of fused-ring (bicyclic) bond motifs is 1. The van der Waals surface area contributed by atoms with E-state index in [9.17, 15) is 20.0 Å². The molecule has 0 aliphatic carbocycles. The van der Waals surface area contributed by atoms with Gasteiger partial charge in [-0.2, -0.15) is 0 Å². The Morgan fingerprint density at radius 2 is 1.92 bits per heavy atom. The second-order valence-electron chi connectivity index (χ2n) is 4.92. The Kier molecular flexibility index (Phi) is 4.25. The molecule has 0 aliphatic rings. The highest BCUT2D eigenvalue weighted by atomic mass is 127. The summed E-state index contributed by atoms with van der Waals surface area (Å²) >= 11 is 2.15. The van der Waals surface area contributed by atoms with Crippen LogP contribution in [0.25, 0.3) is 10.9 Å². The van der Waals surface area contributed by atoms with Crippen LogP contribution >= 0.6 is 22.6 Å². The van der Waals surface area contributed by atoms with Crippen LogP contribution in [0.1, 0.15) is 10.4 Å². The van der Waals surface area contributed by atoms with Gasteiger partial charge >= 0.3 is 0 Å². The molecule has 2 aromatic carbocycles. The molecule has 24 heavy (non-hydrogen) atoms. The van der Waals surface area contributed by atoms with Crippen LogP contribution in [0.15, 0.2) is 42.5 Å². The maximum atomic E-state index is 12.1. The van der Waals surface area contributed by atoms with Crippen molar-refractivity contribution >= 4 is 50.8 Å². The number of rotatable bonds is 4. The molecule has 0 aliphatic heterocycles. The van der Waals surface area contributed by atoms with E-state index >= 15 is 0 Å². The molecule has 8 nitrogen and oxygen atoms in total. The minimum atomic E-state index is -0.536. The summed E-state index contributed by atoms with van der Waals surface area (Å²) in [6.45, 7) is 0. The zero-order valence-electron chi connectivity index (χ0n) is 12.0. The molecule has 0 spiro atoms. The first-order chi connectivity index (χ1) is 11.5. The number of carbonyl (C=O) groups excluding carboxylic acids is 1. The summed E-state index contributed by atoms with van der Waals surface area (Å²) in [5.41, 5.74) is 6.37. The Morgan fingerprint density at radius 1 is 1.21 bits per heavy atom. The van der Waals surface area contributed by atoms with Crippen LogP contribution in [0.5, 0.6) is 5.88 Å². The number of aromatic nitrogens is 1. The number of aromatic hydroxyl groups is 1. The Hall–Kier alpha value is -2.82. The van der Waals surface area contributed by atoms with Gasteiger partial charge in [-0.25, -0.2) is 0 Å². The summed E-state index contributed by atoms with van der Waals surface area (Å²) in [5.74, 6) is -0.583. The summed E-state index contributed by atoms with van der Waals surface area (Å²) in [6, 6.07) is 10.8. The van der Waals surface area contributed by atoms with Gasteiger partial charge in [0, 0.05) is 26.7 Å². The van der Waals surface area contributed by atoms with Crippen LogP contribution in [-0.4, -0.2) is 20.9 Å². The van der Waals surface area contributed by atoms with Gasteiger partial charge in [0.2, 0.25) is 5.88 Å². The molecule has 122 valence electrons. The molecule has 3 rings (SSSR count). The lowest BCUT2D eigenvalue weighted by molar-refractivity contribution is -0.384. The van der Waals surface area contributed by atoms with Gasteiger partial charge in [-0.15, -0.1) is 0 Å². The largest absolute Gasteiger partial charge is 0.493 e. The number of nitro benzene ring substituents is 1. The number of carbonyl (C=O) groups is 1. The third kappa shape index (κ3) is 3.11. The zero-order chi connectivity index (χ0) is 17.3. The Morgan fingerprint density at radius 3 is 2.58 bits per heavy atom. The highest BCUT2D eigenvalue weighted by Gasteiger charge is 2.13. The molecular weight excluding hydrogens is 427 g/mol. The number of hydrogen-bond donors (Lipinski definition) is 4. The van der Waals surface area contributed by atoms with Gasteiger partial charge in [-0.05, 0) is 52.9 Å². The van der Waals surface area contributed by atoms with E-state index in [1.807, 2.05) is 18.2 Å². The number of nitrogens with one attached hydrogen (secondary N) is 3. The quantitative estimate of drug-likeness (QED) is 0.284. The highest BCUT2D eigenvalue weighted by Crippen LogP contribution is 2.32. The minimum absolute atomic E-state index is 0.0941. The normalized spacial score (nSPS) is 10.5. The SMILES string of the molecule is O=C(NNc1c(O)[nH]c2ccc(I)cc12)c1ccc([N+](=O)[O-])cc1. The number of amides is 1. The van der Waals surface area contributed by atoms with Crippen LogP contribution in [-0.2, 0) is 0 Å². The second kappa shape index (κ2) is 6.35. The number of nitrogens with zero attached hydrogens (tertiary/aromatic N) is 1. The molecule has 1 amide bonds. The Labute approximate surface area is 149 Å². The average molecular weight is 438 g/mol. The van der Waals surface area contributed by atoms with E-state index in [0.29, 0.717) is 5.69 Å². The van der Waals surface area contributed by atoms with Gasteiger partial charge in [0.25, 0.3) is 11.6 Å². The van der Waals surface area contributed by atoms with Gasteiger partial charge in [-0.3, -0.25) is 25.8 Å². The van der Waals surface area contributed by atoms with Crippen molar-refractivity contribution in [3.05, 3.63) is 61.7 Å². The minimum Gasteiger partial charge on any atom is -0.493 e. The monoisotopic (exact) mass is 438 g/mol. The molecule has 0 saturated heterocycles. The third-order valence-electron chi connectivity index (χ3n) is 3.38. The van der Waals surface area contributed by atoms with E-state index in [0.717, 1.165) is 14.5 Å². The molecule has 0 atom stereocenters. The smallest absolute Gasteiger partial charge is 0.269 e. The van der Waals surface area contributed by atoms with E-state index in [-0.39, 0.29) is 17.1 Å². The fraction of sp³-hybridized carbons (Fsp3) is 0. The number of anilines is 1. The number of benzene rings is 2.